The molecule has 0 saturated carbocycles. The molecule has 0 aliphatic rings. The largest absolute Gasteiger partial charge is 0.493 e. The van der Waals surface area contributed by atoms with Crippen LogP contribution in [0.5, 0.6) is 5.75 Å². The monoisotopic (exact) mass is 239 g/mol. The predicted molar refractivity (Wildman–Crippen MR) is 60.3 cm³/mol. The molecule has 0 spiro atoms. The number of hydrazine groups is 1. The third-order valence-corrected chi connectivity index (χ3v) is 2.13. The number of nitrogens with one attached hydrogen (secondary N) is 1. The number of nitro benzene ring substituents is 1. The quantitative estimate of drug-likeness (QED) is 0.339. The number of ether oxygens (including phenoxy) is 1. The summed E-state index contributed by atoms with van der Waals surface area (Å²) in [4.78, 5) is 20.9. The van der Waals surface area contributed by atoms with Gasteiger partial charge in [-0.25, -0.2) is 5.84 Å². The lowest BCUT2D eigenvalue weighted by Gasteiger charge is -2.08. The zero-order chi connectivity index (χ0) is 12.8. The Morgan fingerprint density at radius 2 is 2.29 bits per heavy atom. The van der Waals surface area contributed by atoms with Crippen LogP contribution >= 0.6 is 0 Å². The smallest absolute Gasteiger partial charge is 0.273 e. The number of hydrogen-bond donors (Lipinski definition) is 2. The number of nitrogens with two attached hydrogens (primary N) is 1. The zero-order valence-electron chi connectivity index (χ0n) is 9.30. The molecular formula is C10H13N3O4. The van der Waals surface area contributed by atoms with E-state index in [0.29, 0.717) is 5.75 Å². The third kappa shape index (κ3) is 3.72. The van der Waals surface area contributed by atoms with Crippen LogP contribution in [0.2, 0.25) is 0 Å². The van der Waals surface area contributed by atoms with E-state index in [1.54, 1.807) is 13.0 Å². The number of nitrogens with zero attached hydrogens (tertiary/aromatic N) is 1. The van der Waals surface area contributed by atoms with Crippen molar-refractivity contribution < 1.29 is 14.5 Å². The second-order valence-electron chi connectivity index (χ2n) is 3.37. The topological polar surface area (TPSA) is 107 Å². The van der Waals surface area contributed by atoms with Crippen molar-refractivity contribution in [1.29, 1.82) is 0 Å². The van der Waals surface area contributed by atoms with Crippen molar-refractivity contribution in [2.45, 2.75) is 13.3 Å². The van der Waals surface area contributed by atoms with Crippen LogP contribution in [-0.4, -0.2) is 17.4 Å². The summed E-state index contributed by atoms with van der Waals surface area (Å²) >= 11 is 0. The van der Waals surface area contributed by atoms with Crippen molar-refractivity contribution in [2.75, 3.05) is 6.61 Å². The van der Waals surface area contributed by atoms with Crippen LogP contribution < -0.4 is 16.0 Å². The molecule has 1 amide bonds. The number of amides is 1. The van der Waals surface area contributed by atoms with E-state index in [1.165, 1.54) is 12.1 Å². The number of carbonyl (C=O) groups is 1. The first-order chi connectivity index (χ1) is 8.04. The van der Waals surface area contributed by atoms with Gasteiger partial charge in [-0.1, -0.05) is 0 Å². The van der Waals surface area contributed by atoms with Crippen molar-refractivity contribution in [3.8, 4) is 5.75 Å². The SMILES string of the molecule is Cc1ccc([N+](=O)[O-])cc1OCCC(=O)NN. The summed E-state index contributed by atoms with van der Waals surface area (Å²) in [5.74, 6) is 4.94. The molecule has 92 valence electrons. The summed E-state index contributed by atoms with van der Waals surface area (Å²) in [7, 11) is 0. The lowest BCUT2D eigenvalue weighted by atomic mass is 10.2. The van der Waals surface area contributed by atoms with Crippen molar-refractivity contribution in [1.82, 2.24) is 5.43 Å². The standard InChI is InChI=1S/C10H13N3O4/c1-7-2-3-8(13(15)16)6-9(7)17-5-4-10(14)12-11/h2-3,6H,4-5,11H2,1H3,(H,12,14). The summed E-state index contributed by atoms with van der Waals surface area (Å²) in [6, 6.07) is 4.32. The number of nitro groups is 1. The molecule has 3 N–H and O–H groups in total. The van der Waals surface area contributed by atoms with E-state index in [9.17, 15) is 14.9 Å². The number of non-ortho nitro benzene ring substituents is 1. The van der Waals surface area contributed by atoms with Crippen LogP contribution in [0.25, 0.3) is 0 Å². The molecular weight excluding hydrogens is 226 g/mol. The highest BCUT2D eigenvalue weighted by molar-refractivity contribution is 5.75. The van der Waals surface area contributed by atoms with Gasteiger partial charge in [0.05, 0.1) is 24.0 Å². The van der Waals surface area contributed by atoms with Crippen LogP contribution in [0, 0.1) is 17.0 Å². The van der Waals surface area contributed by atoms with E-state index in [2.05, 4.69) is 0 Å². The van der Waals surface area contributed by atoms with Gasteiger partial charge in [-0.3, -0.25) is 20.3 Å². The van der Waals surface area contributed by atoms with Crippen LogP contribution in [0.3, 0.4) is 0 Å². The second kappa shape index (κ2) is 5.80. The summed E-state index contributed by atoms with van der Waals surface area (Å²) in [6.45, 7) is 1.88. The molecule has 0 fully saturated rings. The molecule has 0 saturated heterocycles. The summed E-state index contributed by atoms with van der Waals surface area (Å²) in [5, 5.41) is 10.6. The molecule has 0 bridgehead atoms. The minimum atomic E-state index is -0.501. The van der Waals surface area contributed by atoms with Gasteiger partial charge < -0.3 is 4.74 Å². The normalized spacial score (nSPS) is 9.76. The van der Waals surface area contributed by atoms with Crippen LogP contribution in [0.15, 0.2) is 18.2 Å². The van der Waals surface area contributed by atoms with Gasteiger partial charge in [-0.2, -0.15) is 0 Å². The maximum absolute atomic E-state index is 10.8. The van der Waals surface area contributed by atoms with E-state index in [1.807, 2.05) is 5.43 Å². The molecule has 1 aromatic rings. The Morgan fingerprint density at radius 3 is 2.88 bits per heavy atom. The van der Waals surface area contributed by atoms with Crippen molar-refractivity contribution >= 4 is 11.6 Å². The Kier molecular flexibility index (Phi) is 4.41. The van der Waals surface area contributed by atoms with E-state index in [4.69, 9.17) is 10.6 Å². The first kappa shape index (κ1) is 12.9. The molecule has 0 atom stereocenters. The van der Waals surface area contributed by atoms with Crippen molar-refractivity contribution in [2.24, 2.45) is 5.84 Å². The number of carbonyl (C=O) groups excluding carboxylic acids is 1. The van der Waals surface area contributed by atoms with Gasteiger partial charge in [-0.15, -0.1) is 0 Å². The molecule has 0 aromatic heterocycles. The molecule has 0 unspecified atom stereocenters. The highest BCUT2D eigenvalue weighted by Crippen LogP contribution is 2.23. The zero-order valence-corrected chi connectivity index (χ0v) is 9.30. The summed E-state index contributed by atoms with van der Waals surface area (Å²) in [5.41, 5.74) is 2.69. The fourth-order valence-corrected chi connectivity index (χ4v) is 1.18. The summed E-state index contributed by atoms with van der Waals surface area (Å²) in [6.07, 6.45) is 0.0959. The number of aryl methyl sites for hydroxylation is 1. The lowest BCUT2D eigenvalue weighted by molar-refractivity contribution is -0.384. The second-order valence-corrected chi connectivity index (χ2v) is 3.37. The van der Waals surface area contributed by atoms with Gasteiger partial charge in [-0.05, 0) is 18.6 Å². The third-order valence-electron chi connectivity index (χ3n) is 2.13. The molecule has 17 heavy (non-hydrogen) atoms. The Bertz CT molecular complexity index is 434. The molecule has 1 rings (SSSR count). The van der Waals surface area contributed by atoms with Crippen molar-refractivity contribution in [3.05, 3.63) is 33.9 Å². The highest BCUT2D eigenvalue weighted by atomic mass is 16.6. The maximum atomic E-state index is 10.8. The van der Waals surface area contributed by atoms with E-state index in [0.717, 1.165) is 5.56 Å². The first-order valence-corrected chi connectivity index (χ1v) is 4.92. The minimum absolute atomic E-state index is 0.0473. The van der Waals surface area contributed by atoms with Crippen LogP contribution in [0.1, 0.15) is 12.0 Å². The number of rotatable bonds is 5. The first-order valence-electron chi connectivity index (χ1n) is 4.92. The number of benzene rings is 1. The van der Waals surface area contributed by atoms with E-state index >= 15 is 0 Å². The number of hydrogen-bond acceptors (Lipinski definition) is 5. The Hall–Kier alpha value is -2.15. The van der Waals surface area contributed by atoms with Gasteiger partial charge in [0.1, 0.15) is 5.75 Å². The average molecular weight is 239 g/mol. The molecule has 0 aliphatic heterocycles. The Labute approximate surface area is 97.7 Å². The highest BCUT2D eigenvalue weighted by Gasteiger charge is 2.09. The molecule has 1 aromatic carbocycles. The van der Waals surface area contributed by atoms with Gasteiger partial charge in [0.15, 0.2) is 0 Å². The van der Waals surface area contributed by atoms with Crippen molar-refractivity contribution in [3.63, 3.8) is 0 Å². The summed E-state index contributed by atoms with van der Waals surface area (Å²) < 4.78 is 5.28. The molecule has 7 nitrogen and oxygen atoms in total. The molecule has 0 aliphatic carbocycles. The fraction of sp³-hybridized carbons (Fsp3) is 0.300. The van der Waals surface area contributed by atoms with Crippen LogP contribution in [0.4, 0.5) is 5.69 Å². The van der Waals surface area contributed by atoms with Crippen LogP contribution in [-0.2, 0) is 4.79 Å². The van der Waals surface area contributed by atoms with Gasteiger partial charge >= 0.3 is 0 Å². The molecule has 0 radical (unpaired) electrons. The van der Waals surface area contributed by atoms with E-state index in [-0.39, 0.29) is 24.6 Å². The van der Waals surface area contributed by atoms with Gasteiger partial charge in [0.25, 0.3) is 5.69 Å². The average Bonchev–Trinajstić information content (AvgIpc) is 2.30. The predicted octanol–water partition coefficient (Wildman–Crippen LogP) is 0.662. The van der Waals surface area contributed by atoms with Gasteiger partial charge in [0, 0.05) is 6.07 Å². The fourth-order valence-electron chi connectivity index (χ4n) is 1.18. The Morgan fingerprint density at radius 1 is 1.59 bits per heavy atom. The maximum Gasteiger partial charge on any atom is 0.273 e. The Balaban J connectivity index is 2.66. The molecule has 0 heterocycles. The lowest BCUT2D eigenvalue weighted by Crippen LogP contribution is -2.31. The van der Waals surface area contributed by atoms with E-state index < -0.39 is 4.92 Å². The van der Waals surface area contributed by atoms with Gasteiger partial charge in [0.2, 0.25) is 5.91 Å². The molecule has 7 heteroatoms. The minimum Gasteiger partial charge on any atom is -0.493 e.